The molecule has 0 aromatic rings. The van der Waals surface area contributed by atoms with Crippen LogP contribution in [-0.4, -0.2) is 30.5 Å². The molecule has 1 heterocycles. The number of carbonyl (C=O) groups is 1. The highest BCUT2D eigenvalue weighted by Crippen LogP contribution is 2.23. The quantitative estimate of drug-likeness (QED) is 0.631. The molecule has 0 bridgehead atoms. The van der Waals surface area contributed by atoms with Crippen molar-refractivity contribution in [3.8, 4) is 0 Å². The molecule has 12 heavy (non-hydrogen) atoms. The number of hydrogen-bond acceptors (Lipinski definition) is 3. The number of sulfone groups is 1. The molecule has 0 saturated heterocycles. The van der Waals surface area contributed by atoms with Crippen LogP contribution in [0.2, 0.25) is 0 Å². The molecule has 1 rings (SSSR count). The molecule has 1 aliphatic heterocycles. The van der Waals surface area contributed by atoms with Crippen LogP contribution in [-0.2, 0) is 14.6 Å². The summed E-state index contributed by atoms with van der Waals surface area (Å²) in [5.74, 6) is -1.09. The molecule has 1 aliphatic rings. The predicted molar refractivity (Wildman–Crippen MR) is 43.6 cm³/mol. The van der Waals surface area contributed by atoms with E-state index in [9.17, 15) is 13.2 Å². The summed E-state index contributed by atoms with van der Waals surface area (Å²) in [7, 11) is -3.20. The van der Waals surface area contributed by atoms with Gasteiger partial charge >= 0.3 is 5.97 Å². The maximum atomic E-state index is 11.2. The van der Waals surface area contributed by atoms with E-state index in [-0.39, 0.29) is 12.2 Å². The molecule has 1 N–H and O–H groups in total. The smallest absolute Gasteiger partial charge is 0.304 e. The van der Waals surface area contributed by atoms with E-state index in [0.29, 0.717) is 5.57 Å². The molecular weight excluding hydrogens is 180 g/mol. The zero-order valence-corrected chi connectivity index (χ0v) is 7.47. The fourth-order valence-electron chi connectivity index (χ4n) is 1.22. The third-order valence-electron chi connectivity index (χ3n) is 1.94. The van der Waals surface area contributed by atoms with Gasteiger partial charge in [-0.1, -0.05) is 11.6 Å². The zero-order valence-electron chi connectivity index (χ0n) is 6.65. The van der Waals surface area contributed by atoms with Gasteiger partial charge in [-0.25, -0.2) is 8.42 Å². The fourth-order valence-corrected chi connectivity index (χ4v) is 3.01. The minimum atomic E-state index is -3.20. The second-order valence-corrected chi connectivity index (χ2v) is 5.09. The normalized spacial score (nSPS) is 26.8. The Balaban J connectivity index is 2.87. The van der Waals surface area contributed by atoms with Gasteiger partial charge in [0, 0.05) is 0 Å². The molecule has 0 spiro atoms. The molecule has 0 fully saturated rings. The topological polar surface area (TPSA) is 71.4 Å². The molecule has 0 aromatic carbocycles. The van der Waals surface area contributed by atoms with E-state index in [0.717, 1.165) is 0 Å². The van der Waals surface area contributed by atoms with Gasteiger partial charge in [0.05, 0.1) is 17.4 Å². The maximum absolute atomic E-state index is 11.2. The lowest BCUT2D eigenvalue weighted by atomic mass is 10.1. The first-order chi connectivity index (χ1) is 5.43. The predicted octanol–water partition coefficient (Wildman–Crippen LogP) is 0.204. The summed E-state index contributed by atoms with van der Waals surface area (Å²) in [6.45, 7) is 1.65. The summed E-state index contributed by atoms with van der Waals surface area (Å²) in [5.41, 5.74) is 0.650. The van der Waals surface area contributed by atoms with E-state index in [2.05, 4.69) is 0 Å². The summed E-state index contributed by atoms with van der Waals surface area (Å²) in [6, 6.07) is 0. The van der Waals surface area contributed by atoms with Crippen LogP contribution >= 0.6 is 0 Å². The summed E-state index contributed by atoms with van der Waals surface area (Å²) in [5, 5.41) is 7.64. The lowest BCUT2D eigenvalue weighted by Gasteiger charge is -2.07. The number of carboxylic acid groups (broad SMARTS) is 1. The number of aliphatic carboxylic acids is 1. The van der Waals surface area contributed by atoms with E-state index in [4.69, 9.17) is 5.11 Å². The molecule has 1 unspecified atom stereocenters. The van der Waals surface area contributed by atoms with Gasteiger partial charge in [0.15, 0.2) is 9.84 Å². The van der Waals surface area contributed by atoms with Crippen molar-refractivity contribution >= 4 is 15.8 Å². The van der Waals surface area contributed by atoms with E-state index in [1.54, 1.807) is 13.0 Å². The first-order valence-electron chi connectivity index (χ1n) is 3.53. The van der Waals surface area contributed by atoms with Crippen LogP contribution in [0.3, 0.4) is 0 Å². The van der Waals surface area contributed by atoms with E-state index in [1.165, 1.54) is 0 Å². The van der Waals surface area contributed by atoms with Crippen LogP contribution in [0.15, 0.2) is 11.6 Å². The summed E-state index contributed by atoms with van der Waals surface area (Å²) in [4.78, 5) is 10.3. The van der Waals surface area contributed by atoms with E-state index in [1.807, 2.05) is 0 Å². The Kier molecular flexibility index (Phi) is 2.23. The standard InChI is InChI=1S/C7H10O4S/c1-5-2-3-12(10,11)6(5)4-7(8)9/h2,6H,3-4H2,1H3,(H,8,9). The van der Waals surface area contributed by atoms with Gasteiger partial charge in [-0.05, 0) is 6.92 Å². The van der Waals surface area contributed by atoms with Crippen molar-refractivity contribution in [2.24, 2.45) is 0 Å². The van der Waals surface area contributed by atoms with Crippen molar-refractivity contribution < 1.29 is 18.3 Å². The van der Waals surface area contributed by atoms with Gasteiger partial charge in [-0.2, -0.15) is 0 Å². The Hall–Kier alpha value is -0.840. The lowest BCUT2D eigenvalue weighted by molar-refractivity contribution is -0.136. The summed E-state index contributed by atoms with van der Waals surface area (Å²) < 4.78 is 22.4. The van der Waals surface area contributed by atoms with Gasteiger partial charge in [0.1, 0.15) is 0 Å². The van der Waals surface area contributed by atoms with Crippen LogP contribution in [0.5, 0.6) is 0 Å². The summed E-state index contributed by atoms with van der Waals surface area (Å²) in [6.07, 6.45) is 1.26. The van der Waals surface area contributed by atoms with E-state index < -0.39 is 21.1 Å². The van der Waals surface area contributed by atoms with Gasteiger partial charge < -0.3 is 5.11 Å². The molecule has 0 radical (unpaired) electrons. The van der Waals surface area contributed by atoms with Crippen molar-refractivity contribution in [1.29, 1.82) is 0 Å². The second-order valence-electron chi connectivity index (χ2n) is 2.86. The highest BCUT2D eigenvalue weighted by atomic mass is 32.2. The minimum Gasteiger partial charge on any atom is -0.481 e. The molecule has 4 nitrogen and oxygen atoms in total. The monoisotopic (exact) mass is 190 g/mol. The molecule has 0 amide bonds. The highest BCUT2D eigenvalue weighted by molar-refractivity contribution is 7.92. The number of hydrogen-bond donors (Lipinski definition) is 1. The third-order valence-corrected chi connectivity index (χ3v) is 3.98. The van der Waals surface area contributed by atoms with Gasteiger partial charge in [0.25, 0.3) is 0 Å². The molecule has 1 atom stereocenters. The Morgan fingerprint density at radius 1 is 1.75 bits per heavy atom. The van der Waals surface area contributed by atoms with E-state index >= 15 is 0 Å². The average Bonchev–Trinajstić information content (AvgIpc) is 2.15. The lowest BCUT2D eigenvalue weighted by Crippen LogP contribution is -2.22. The van der Waals surface area contributed by atoms with Gasteiger partial charge in [-0.3, -0.25) is 4.79 Å². The molecular formula is C7H10O4S. The summed E-state index contributed by atoms with van der Waals surface area (Å²) >= 11 is 0. The Morgan fingerprint density at radius 2 is 2.33 bits per heavy atom. The maximum Gasteiger partial charge on any atom is 0.304 e. The van der Waals surface area contributed by atoms with Gasteiger partial charge in [-0.15, -0.1) is 0 Å². The second kappa shape index (κ2) is 2.90. The molecule has 68 valence electrons. The highest BCUT2D eigenvalue weighted by Gasteiger charge is 2.32. The van der Waals surface area contributed by atoms with Crippen molar-refractivity contribution in [3.05, 3.63) is 11.6 Å². The van der Waals surface area contributed by atoms with Crippen LogP contribution in [0.4, 0.5) is 0 Å². The minimum absolute atomic E-state index is 0.0171. The molecule has 0 aromatic heterocycles. The Bertz CT molecular complexity index is 325. The zero-order chi connectivity index (χ0) is 9.35. The fraction of sp³-hybridized carbons (Fsp3) is 0.571. The van der Waals surface area contributed by atoms with Crippen molar-refractivity contribution in [2.75, 3.05) is 5.75 Å². The Morgan fingerprint density at radius 3 is 2.67 bits per heavy atom. The van der Waals surface area contributed by atoms with Gasteiger partial charge in [0.2, 0.25) is 0 Å². The van der Waals surface area contributed by atoms with Crippen molar-refractivity contribution in [2.45, 2.75) is 18.6 Å². The average molecular weight is 190 g/mol. The number of rotatable bonds is 2. The molecule has 5 heteroatoms. The van der Waals surface area contributed by atoms with Crippen LogP contribution < -0.4 is 0 Å². The van der Waals surface area contributed by atoms with Crippen LogP contribution in [0.25, 0.3) is 0 Å². The number of carboxylic acids is 1. The first-order valence-corrected chi connectivity index (χ1v) is 5.25. The van der Waals surface area contributed by atoms with Crippen LogP contribution in [0.1, 0.15) is 13.3 Å². The van der Waals surface area contributed by atoms with Crippen molar-refractivity contribution in [3.63, 3.8) is 0 Å². The van der Waals surface area contributed by atoms with Crippen LogP contribution in [0, 0.1) is 0 Å². The first kappa shape index (κ1) is 9.25. The molecule has 0 aliphatic carbocycles. The largest absolute Gasteiger partial charge is 0.481 e. The SMILES string of the molecule is CC1=CCS(=O)(=O)C1CC(=O)O. The Labute approximate surface area is 70.8 Å². The van der Waals surface area contributed by atoms with Crippen molar-refractivity contribution in [1.82, 2.24) is 0 Å². The third kappa shape index (κ3) is 1.66. The molecule has 0 saturated carbocycles.